The first kappa shape index (κ1) is 29.0. The minimum Gasteiger partial charge on any atom is -0.495 e. The van der Waals surface area contributed by atoms with Crippen molar-refractivity contribution in [2.75, 3.05) is 16.6 Å². The number of hydrogen-bond acceptors (Lipinski definition) is 7. The van der Waals surface area contributed by atoms with Crippen LogP contribution in [0.4, 0.5) is 20.2 Å². The van der Waals surface area contributed by atoms with E-state index >= 15 is 0 Å². The summed E-state index contributed by atoms with van der Waals surface area (Å²) in [6, 6.07) is 10.6. The van der Waals surface area contributed by atoms with Crippen molar-refractivity contribution in [1.29, 1.82) is 0 Å². The maximum absolute atomic E-state index is 14.6. The molecule has 0 aromatic heterocycles. The average molecular weight is 571 g/mol. The summed E-state index contributed by atoms with van der Waals surface area (Å²) < 4.78 is 103. The lowest BCUT2D eigenvalue weighted by Gasteiger charge is -2.18. The number of anilines is 2. The molecule has 0 unspecified atom stereocenters. The van der Waals surface area contributed by atoms with Crippen LogP contribution in [0.1, 0.15) is 27.7 Å². The molecular formula is C25H28F2N2O7S2. The van der Waals surface area contributed by atoms with Gasteiger partial charge in [-0.1, -0.05) is 12.1 Å². The molecule has 3 aromatic carbocycles. The smallest absolute Gasteiger partial charge is 0.265 e. The van der Waals surface area contributed by atoms with E-state index in [0.29, 0.717) is 0 Å². The monoisotopic (exact) mass is 570 g/mol. The van der Waals surface area contributed by atoms with Gasteiger partial charge in [-0.2, -0.15) is 0 Å². The van der Waals surface area contributed by atoms with E-state index in [1.807, 2.05) is 0 Å². The SMILES string of the molecule is COc1ccc(S(=O)(=O)Nc2c(F)cccc2OC(C)C)cc1S(=O)(=O)Nc1c(F)cccc1OC(C)C. The molecule has 0 radical (unpaired) electrons. The molecule has 3 rings (SSSR count). The van der Waals surface area contributed by atoms with Gasteiger partial charge in [-0.15, -0.1) is 0 Å². The topological polar surface area (TPSA) is 120 Å². The highest BCUT2D eigenvalue weighted by molar-refractivity contribution is 7.93. The second-order valence-corrected chi connectivity index (χ2v) is 11.9. The van der Waals surface area contributed by atoms with E-state index in [0.717, 1.165) is 30.3 Å². The molecule has 2 N–H and O–H groups in total. The standard InChI is InChI=1S/C25H28F2N2O7S2/c1-15(2)35-21-10-6-8-18(26)24(21)28-37(30,31)17-12-13-20(34-5)23(14-17)38(32,33)29-25-19(27)9-7-11-22(25)36-16(3)4/h6-16,28-29H,1-5H3. The third-order valence-corrected chi connectivity index (χ3v) is 7.60. The number of ether oxygens (including phenoxy) is 3. The van der Waals surface area contributed by atoms with Gasteiger partial charge < -0.3 is 14.2 Å². The van der Waals surface area contributed by atoms with E-state index in [1.165, 1.54) is 31.4 Å². The summed E-state index contributed by atoms with van der Waals surface area (Å²) in [7, 11) is -7.95. The fourth-order valence-electron chi connectivity index (χ4n) is 3.33. The first-order chi connectivity index (χ1) is 17.7. The van der Waals surface area contributed by atoms with Crippen molar-refractivity contribution < 1.29 is 39.8 Å². The predicted molar refractivity (Wildman–Crippen MR) is 139 cm³/mol. The number of sulfonamides is 2. The molecule has 13 heteroatoms. The minimum atomic E-state index is -4.61. The lowest BCUT2D eigenvalue weighted by molar-refractivity contribution is 0.242. The van der Waals surface area contributed by atoms with Crippen molar-refractivity contribution in [3.05, 3.63) is 66.2 Å². The average Bonchev–Trinajstić information content (AvgIpc) is 2.82. The fraction of sp³-hybridized carbons (Fsp3) is 0.280. The Kier molecular flexibility index (Phi) is 8.72. The Bertz CT molecular complexity index is 1530. The minimum absolute atomic E-state index is 0.0520. The highest BCUT2D eigenvalue weighted by Gasteiger charge is 2.28. The third-order valence-electron chi connectivity index (χ3n) is 4.88. The summed E-state index contributed by atoms with van der Waals surface area (Å²) in [5.41, 5.74) is -0.905. The normalized spacial score (nSPS) is 11.9. The molecule has 0 heterocycles. The molecule has 9 nitrogen and oxygen atoms in total. The molecule has 0 aliphatic heterocycles. The van der Waals surface area contributed by atoms with Crippen LogP contribution in [0.3, 0.4) is 0 Å². The molecule has 38 heavy (non-hydrogen) atoms. The molecule has 3 aromatic rings. The van der Waals surface area contributed by atoms with E-state index in [9.17, 15) is 25.6 Å². The predicted octanol–water partition coefficient (Wildman–Crippen LogP) is 5.15. The fourth-order valence-corrected chi connectivity index (χ4v) is 5.78. The maximum Gasteiger partial charge on any atom is 0.265 e. The van der Waals surface area contributed by atoms with Gasteiger partial charge in [0, 0.05) is 0 Å². The molecule has 0 bridgehead atoms. The van der Waals surface area contributed by atoms with Crippen LogP contribution in [0.15, 0.2) is 64.4 Å². The van der Waals surface area contributed by atoms with Gasteiger partial charge in [-0.25, -0.2) is 25.6 Å². The Morgan fingerprint density at radius 2 is 1.16 bits per heavy atom. The number of para-hydroxylation sites is 2. The Morgan fingerprint density at radius 3 is 1.61 bits per heavy atom. The largest absolute Gasteiger partial charge is 0.495 e. The molecular weight excluding hydrogens is 542 g/mol. The van der Waals surface area contributed by atoms with Gasteiger partial charge in [-0.3, -0.25) is 9.44 Å². The van der Waals surface area contributed by atoms with Gasteiger partial charge >= 0.3 is 0 Å². The lowest BCUT2D eigenvalue weighted by Crippen LogP contribution is -2.19. The number of benzene rings is 3. The van der Waals surface area contributed by atoms with Gasteiger partial charge in [0.1, 0.15) is 33.5 Å². The molecule has 0 spiro atoms. The summed E-state index contributed by atoms with van der Waals surface area (Å²) in [5.74, 6) is -2.14. The van der Waals surface area contributed by atoms with Crippen LogP contribution < -0.4 is 23.7 Å². The summed E-state index contributed by atoms with van der Waals surface area (Å²) in [5, 5.41) is 0. The van der Waals surface area contributed by atoms with Crippen molar-refractivity contribution in [2.24, 2.45) is 0 Å². The molecule has 0 aliphatic carbocycles. The maximum atomic E-state index is 14.6. The van der Waals surface area contributed by atoms with Crippen molar-refractivity contribution in [2.45, 2.75) is 49.7 Å². The molecule has 0 saturated heterocycles. The van der Waals surface area contributed by atoms with Gasteiger partial charge in [0.15, 0.2) is 11.6 Å². The quantitative estimate of drug-likeness (QED) is 0.327. The lowest BCUT2D eigenvalue weighted by atomic mass is 10.3. The van der Waals surface area contributed by atoms with Crippen molar-refractivity contribution >= 4 is 31.4 Å². The van der Waals surface area contributed by atoms with E-state index in [1.54, 1.807) is 27.7 Å². The number of nitrogens with one attached hydrogen (secondary N) is 2. The number of methoxy groups -OCH3 is 1. The summed E-state index contributed by atoms with van der Waals surface area (Å²) in [4.78, 5) is -1.13. The Labute approximate surface area is 220 Å². The van der Waals surface area contributed by atoms with Crippen LogP contribution >= 0.6 is 0 Å². The van der Waals surface area contributed by atoms with E-state index in [2.05, 4.69) is 9.44 Å². The number of halogens is 2. The van der Waals surface area contributed by atoms with Crippen LogP contribution in [-0.2, 0) is 20.0 Å². The van der Waals surface area contributed by atoms with Gasteiger partial charge in [-0.05, 0) is 70.2 Å². The van der Waals surface area contributed by atoms with Crippen LogP contribution in [0.5, 0.6) is 17.2 Å². The zero-order chi connectivity index (χ0) is 28.3. The Balaban J connectivity index is 2.06. The number of rotatable bonds is 11. The zero-order valence-electron chi connectivity index (χ0n) is 21.3. The highest BCUT2D eigenvalue weighted by Crippen LogP contribution is 2.35. The summed E-state index contributed by atoms with van der Waals surface area (Å²) in [6.07, 6.45) is -0.774. The number of hydrogen-bond donors (Lipinski definition) is 2. The molecule has 206 valence electrons. The first-order valence-corrected chi connectivity index (χ1v) is 14.4. The van der Waals surface area contributed by atoms with E-state index in [4.69, 9.17) is 14.2 Å². The molecule has 0 amide bonds. The van der Waals surface area contributed by atoms with E-state index < -0.39 is 59.0 Å². The van der Waals surface area contributed by atoms with Crippen molar-refractivity contribution in [3.8, 4) is 17.2 Å². The Hall–Kier alpha value is -3.58. The van der Waals surface area contributed by atoms with Gasteiger partial charge in [0.2, 0.25) is 0 Å². The van der Waals surface area contributed by atoms with Crippen LogP contribution in [0.25, 0.3) is 0 Å². The summed E-state index contributed by atoms with van der Waals surface area (Å²) in [6.45, 7) is 6.73. The molecule has 0 aliphatic rings. The van der Waals surface area contributed by atoms with Crippen LogP contribution in [-0.4, -0.2) is 36.2 Å². The third kappa shape index (κ3) is 6.64. The Morgan fingerprint density at radius 1 is 0.684 bits per heavy atom. The molecule has 0 fully saturated rings. The molecule has 0 saturated carbocycles. The van der Waals surface area contributed by atoms with Crippen LogP contribution in [0, 0.1) is 11.6 Å². The second-order valence-electron chi connectivity index (χ2n) is 8.58. The zero-order valence-corrected chi connectivity index (χ0v) is 22.9. The highest BCUT2D eigenvalue weighted by atomic mass is 32.2. The molecule has 0 atom stereocenters. The van der Waals surface area contributed by atoms with E-state index in [-0.39, 0.29) is 23.4 Å². The first-order valence-electron chi connectivity index (χ1n) is 11.4. The van der Waals surface area contributed by atoms with Crippen molar-refractivity contribution in [3.63, 3.8) is 0 Å². The van der Waals surface area contributed by atoms with Gasteiger partial charge in [0.25, 0.3) is 20.0 Å². The van der Waals surface area contributed by atoms with Gasteiger partial charge in [0.05, 0.1) is 24.2 Å². The summed E-state index contributed by atoms with van der Waals surface area (Å²) >= 11 is 0. The van der Waals surface area contributed by atoms with Crippen molar-refractivity contribution in [1.82, 2.24) is 0 Å². The second kappa shape index (κ2) is 11.4. The van der Waals surface area contributed by atoms with Crippen LogP contribution in [0.2, 0.25) is 0 Å².